The normalized spacial score (nSPS) is 27.5. The summed E-state index contributed by atoms with van der Waals surface area (Å²) in [7, 11) is 0. The molecule has 2 rings (SSSR count). The molecule has 17 heavy (non-hydrogen) atoms. The summed E-state index contributed by atoms with van der Waals surface area (Å²) in [5, 5.41) is 3.56. The molecule has 0 aliphatic heterocycles. The number of benzene rings is 1. The summed E-state index contributed by atoms with van der Waals surface area (Å²) in [6, 6.07) is 7.49. The molecular formula is C16H25N. The molecular weight excluding hydrogens is 206 g/mol. The van der Waals surface area contributed by atoms with Crippen LogP contribution in [0.5, 0.6) is 0 Å². The molecule has 1 aromatic carbocycles. The number of rotatable bonds is 4. The van der Waals surface area contributed by atoms with Gasteiger partial charge in [0.25, 0.3) is 0 Å². The Kier molecular flexibility index (Phi) is 3.31. The molecule has 1 fully saturated rings. The van der Waals surface area contributed by atoms with Crippen molar-refractivity contribution in [2.75, 3.05) is 6.54 Å². The molecule has 0 amide bonds. The molecule has 0 bridgehead atoms. The third kappa shape index (κ3) is 2.55. The van der Waals surface area contributed by atoms with Crippen LogP contribution in [0.3, 0.4) is 0 Å². The first-order valence-electron chi connectivity index (χ1n) is 6.74. The molecule has 1 aliphatic rings. The van der Waals surface area contributed by atoms with Gasteiger partial charge in [-0.25, -0.2) is 0 Å². The second-order valence-corrected chi connectivity index (χ2v) is 6.20. The topological polar surface area (TPSA) is 12.0 Å². The Bertz CT molecular complexity index is 408. The van der Waals surface area contributed by atoms with E-state index in [1.807, 2.05) is 0 Å². The quantitative estimate of drug-likeness (QED) is 0.835. The number of nitrogens with one attached hydrogen (secondary N) is 1. The van der Waals surface area contributed by atoms with Crippen molar-refractivity contribution in [1.29, 1.82) is 0 Å². The van der Waals surface area contributed by atoms with E-state index in [4.69, 9.17) is 0 Å². The summed E-state index contributed by atoms with van der Waals surface area (Å²) in [4.78, 5) is 0. The number of aryl methyl sites for hydroxylation is 2. The monoisotopic (exact) mass is 231 g/mol. The highest BCUT2D eigenvalue weighted by Gasteiger charge is 2.51. The van der Waals surface area contributed by atoms with Crippen LogP contribution in [-0.2, 0) is 5.41 Å². The molecule has 1 aliphatic carbocycles. The fourth-order valence-corrected chi connectivity index (χ4v) is 2.91. The summed E-state index contributed by atoms with van der Waals surface area (Å²) >= 11 is 0. The molecule has 2 atom stereocenters. The fourth-order valence-electron chi connectivity index (χ4n) is 2.91. The summed E-state index contributed by atoms with van der Waals surface area (Å²) < 4.78 is 0. The first-order valence-corrected chi connectivity index (χ1v) is 6.74. The smallest absolute Gasteiger partial charge is 0.00104 e. The van der Waals surface area contributed by atoms with Crippen molar-refractivity contribution in [1.82, 2.24) is 5.32 Å². The number of hydrogen-bond donors (Lipinski definition) is 1. The molecule has 1 aromatic rings. The first-order chi connectivity index (χ1) is 7.93. The van der Waals surface area contributed by atoms with Crippen molar-refractivity contribution in [3.8, 4) is 0 Å². The predicted octanol–water partition coefficient (Wildman–Crippen LogP) is 3.58. The average Bonchev–Trinajstić information content (AvgIpc) is 2.87. The van der Waals surface area contributed by atoms with Crippen LogP contribution in [-0.4, -0.2) is 12.6 Å². The maximum Gasteiger partial charge on any atom is 0.00104 e. The van der Waals surface area contributed by atoms with Gasteiger partial charge in [0.15, 0.2) is 0 Å². The highest BCUT2D eigenvalue weighted by Crippen LogP contribution is 2.54. The molecule has 0 radical (unpaired) electrons. The molecule has 1 N–H and O–H groups in total. The van der Waals surface area contributed by atoms with Gasteiger partial charge in [-0.15, -0.1) is 0 Å². The molecule has 1 heteroatoms. The van der Waals surface area contributed by atoms with Crippen molar-refractivity contribution in [3.63, 3.8) is 0 Å². The van der Waals surface area contributed by atoms with E-state index < -0.39 is 0 Å². The second-order valence-electron chi connectivity index (χ2n) is 6.20. The average molecular weight is 231 g/mol. The standard InChI is InChI=1S/C16H25N/c1-11(2)17-10-14-9-16(14,5)15-7-6-12(3)8-13(15)4/h6-8,11,14,17H,9-10H2,1-5H3. The Morgan fingerprint density at radius 1 is 1.35 bits per heavy atom. The Morgan fingerprint density at radius 2 is 2.06 bits per heavy atom. The second kappa shape index (κ2) is 4.45. The Hall–Kier alpha value is -0.820. The van der Waals surface area contributed by atoms with Crippen LogP contribution in [0.25, 0.3) is 0 Å². The summed E-state index contributed by atoms with van der Waals surface area (Å²) in [6.45, 7) is 12.4. The van der Waals surface area contributed by atoms with Gasteiger partial charge in [0.2, 0.25) is 0 Å². The van der Waals surface area contributed by atoms with Crippen LogP contribution < -0.4 is 5.32 Å². The van der Waals surface area contributed by atoms with E-state index in [9.17, 15) is 0 Å². The molecule has 2 unspecified atom stereocenters. The molecule has 94 valence electrons. The van der Waals surface area contributed by atoms with Gasteiger partial charge < -0.3 is 5.32 Å². The van der Waals surface area contributed by atoms with Crippen LogP contribution >= 0.6 is 0 Å². The van der Waals surface area contributed by atoms with E-state index >= 15 is 0 Å². The van der Waals surface area contributed by atoms with Gasteiger partial charge >= 0.3 is 0 Å². The van der Waals surface area contributed by atoms with E-state index in [0.29, 0.717) is 11.5 Å². The Labute approximate surface area is 106 Å². The maximum absolute atomic E-state index is 3.56. The fraction of sp³-hybridized carbons (Fsp3) is 0.625. The van der Waals surface area contributed by atoms with Gasteiger partial charge in [-0.1, -0.05) is 44.5 Å². The zero-order valence-electron chi connectivity index (χ0n) is 11.8. The highest BCUT2D eigenvalue weighted by molar-refractivity contribution is 5.40. The SMILES string of the molecule is Cc1ccc(C2(C)CC2CNC(C)C)c(C)c1. The third-order valence-corrected chi connectivity index (χ3v) is 4.18. The summed E-state index contributed by atoms with van der Waals surface area (Å²) in [6.07, 6.45) is 1.33. The molecule has 1 nitrogen and oxygen atoms in total. The first kappa shape index (κ1) is 12.6. The molecule has 0 aromatic heterocycles. The van der Waals surface area contributed by atoms with Crippen molar-refractivity contribution in [2.24, 2.45) is 5.92 Å². The van der Waals surface area contributed by atoms with E-state index in [2.05, 4.69) is 58.1 Å². The van der Waals surface area contributed by atoms with Gasteiger partial charge in [0.05, 0.1) is 0 Å². The van der Waals surface area contributed by atoms with Crippen LogP contribution in [0.15, 0.2) is 18.2 Å². The molecule has 1 saturated carbocycles. The van der Waals surface area contributed by atoms with Crippen molar-refractivity contribution in [3.05, 3.63) is 34.9 Å². The van der Waals surface area contributed by atoms with Gasteiger partial charge in [-0.2, -0.15) is 0 Å². The van der Waals surface area contributed by atoms with Gasteiger partial charge in [-0.05, 0) is 49.3 Å². The van der Waals surface area contributed by atoms with E-state index in [1.165, 1.54) is 17.5 Å². The summed E-state index contributed by atoms with van der Waals surface area (Å²) in [5.41, 5.74) is 4.80. The van der Waals surface area contributed by atoms with Crippen LogP contribution in [0.4, 0.5) is 0 Å². The molecule has 0 spiro atoms. The lowest BCUT2D eigenvalue weighted by Crippen LogP contribution is -2.27. The minimum Gasteiger partial charge on any atom is -0.314 e. The minimum atomic E-state index is 0.416. The number of hydrogen-bond acceptors (Lipinski definition) is 1. The zero-order chi connectivity index (χ0) is 12.6. The van der Waals surface area contributed by atoms with Crippen LogP contribution in [0, 0.1) is 19.8 Å². The lowest BCUT2D eigenvalue weighted by molar-refractivity contribution is 0.527. The molecule has 0 heterocycles. The Balaban J connectivity index is 2.08. The van der Waals surface area contributed by atoms with Crippen molar-refractivity contribution >= 4 is 0 Å². The lowest BCUT2D eigenvalue weighted by atomic mass is 9.90. The summed E-state index contributed by atoms with van der Waals surface area (Å²) in [5.74, 6) is 0.811. The largest absolute Gasteiger partial charge is 0.314 e. The van der Waals surface area contributed by atoms with Gasteiger partial charge in [-0.3, -0.25) is 0 Å². The maximum atomic E-state index is 3.56. The highest BCUT2D eigenvalue weighted by atomic mass is 14.9. The van der Waals surface area contributed by atoms with E-state index in [-0.39, 0.29) is 0 Å². The van der Waals surface area contributed by atoms with Gasteiger partial charge in [0, 0.05) is 6.04 Å². The molecule has 0 saturated heterocycles. The van der Waals surface area contributed by atoms with Crippen molar-refractivity contribution < 1.29 is 0 Å². The minimum absolute atomic E-state index is 0.416. The van der Waals surface area contributed by atoms with Crippen LogP contribution in [0.1, 0.15) is 43.9 Å². The van der Waals surface area contributed by atoms with Crippen molar-refractivity contribution in [2.45, 2.75) is 52.5 Å². The van der Waals surface area contributed by atoms with Crippen LogP contribution in [0.2, 0.25) is 0 Å². The third-order valence-electron chi connectivity index (χ3n) is 4.18. The lowest BCUT2D eigenvalue weighted by Gasteiger charge is -2.17. The van der Waals surface area contributed by atoms with Gasteiger partial charge in [0.1, 0.15) is 0 Å². The van der Waals surface area contributed by atoms with E-state index in [0.717, 1.165) is 12.5 Å². The Morgan fingerprint density at radius 3 is 2.65 bits per heavy atom. The van der Waals surface area contributed by atoms with E-state index in [1.54, 1.807) is 5.56 Å². The predicted molar refractivity (Wildman–Crippen MR) is 74.5 cm³/mol. The zero-order valence-corrected chi connectivity index (χ0v) is 11.8.